The number of methoxy groups -OCH3 is 1. The Morgan fingerprint density at radius 1 is 1.17 bits per heavy atom. The van der Waals surface area contributed by atoms with Crippen molar-refractivity contribution in [2.24, 2.45) is 0 Å². The summed E-state index contributed by atoms with van der Waals surface area (Å²) in [7, 11) is 1.61. The Labute approximate surface area is 174 Å². The van der Waals surface area contributed by atoms with Gasteiger partial charge in [0.25, 0.3) is 5.91 Å². The average molecular weight is 407 g/mol. The van der Waals surface area contributed by atoms with Crippen LogP contribution >= 0.6 is 0 Å². The Hall–Kier alpha value is -3.19. The molecule has 2 aromatic carbocycles. The molecule has 0 spiro atoms. The Kier molecular flexibility index (Phi) is 5.81. The van der Waals surface area contributed by atoms with Crippen molar-refractivity contribution < 1.29 is 14.6 Å². The number of carbonyl (C=O) groups excluding carboxylic acids is 1. The van der Waals surface area contributed by atoms with Crippen molar-refractivity contribution >= 4 is 16.8 Å². The average Bonchev–Trinajstić information content (AvgIpc) is 2.77. The first-order chi connectivity index (χ1) is 14.6. The minimum Gasteiger partial charge on any atom is -0.497 e. The van der Waals surface area contributed by atoms with Crippen molar-refractivity contribution in [2.75, 3.05) is 7.11 Å². The Balaban J connectivity index is 1.70. The monoisotopic (exact) mass is 407 g/mol. The van der Waals surface area contributed by atoms with Crippen LogP contribution in [0.1, 0.15) is 41.7 Å². The molecule has 0 bridgehead atoms. The third kappa shape index (κ3) is 4.07. The molecule has 1 saturated carbocycles. The SMILES string of the molecule is COc1ccc(Cn2nc(C(=O)N[C@@H]3CCCC[C@H]3O)c(=O)c3ccccc32)cc1. The summed E-state index contributed by atoms with van der Waals surface area (Å²) in [6, 6.07) is 14.3. The highest BCUT2D eigenvalue weighted by atomic mass is 16.5. The van der Waals surface area contributed by atoms with Gasteiger partial charge >= 0.3 is 0 Å². The van der Waals surface area contributed by atoms with Gasteiger partial charge in [-0.1, -0.05) is 37.1 Å². The van der Waals surface area contributed by atoms with E-state index in [-0.39, 0.29) is 11.7 Å². The number of carbonyl (C=O) groups is 1. The topological polar surface area (TPSA) is 93.5 Å². The smallest absolute Gasteiger partial charge is 0.276 e. The van der Waals surface area contributed by atoms with Gasteiger partial charge in [-0.15, -0.1) is 0 Å². The molecule has 1 aliphatic rings. The molecule has 0 aliphatic heterocycles. The number of ether oxygens (including phenoxy) is 1. The second kappa shape index (κ2) is 8.67. The summed E-state index contributed by atoms with van der Waals surface area (Å²) >= 11 is 0. The van der Waals surface area contributed by atoms with Crippen molar-refractivity contribution in [3.8, 4) is 5.75 Å². The first-order valence-corrected chi connectivity index (χ1v) is 10.2. The number of amides is 1. The van der Waals surface area contributed by atoms with E-state index in [4.69, 9.17) is 4.74 Å². The lowest BCUT2D eigenvalue weighted by Gasteiger charge is -2.28. The molecule has 1 amide bonds. The van der Waals surface area contributed by atoms with Crippen LogP contribution in [-0.2, 0) is 6.54 Å². The number of aliphatic hydroxyl groups excluding tert-OH is 1. The highest BCUT2D eigenvalue weighted by Gasteiger charge is 2.27. The van der Waals surface area contributed by atoms with Gasteiger partial charge in [0.15, 0.2) is 5.69 Å². The van der Waals surface area contributed by atoms with Gasteiger partial charge < -0.3 is 15.2 Å². The fourth-order valence-electron chi connectivity index (χ4n) is 3.93. The molecule has 0 unspecified atom stereocenters. The van der Waals surface area contributed by atoms with Crippen molar-refractivity contribution in [1.29, 1.82) is 0 Å². The van der Waals surface area contributed by atoms with E-state index in [1.165, 1.54) is 0 Å². The number of hydrogen-bond acceptors (Lipinski definition) is 5. The van der Waals surface area contributed by atoms with Gasteiger partial charge in [-0.3, -0.25) is 14.3 Å². The summed E-state index contributed by atoms with van der Waals surface area (Å²) in [6.45, 7) is 0.400. The number of hydrogen-bond donors (Lipinski definition) is 2. The quantitative estimate of drug-likeness (QED) is 0.678. The predicted octanol–water partition coefficient (Wildman–Crippen LogP) is 2.49. The number of aromatic nitrogens is 2. The molecule has 30 heavy (non-hydrogen) atoms. The van der Waals surface area contributed by atoms with E-state index in [0.717, 1.165) is 24.2 Å². The Morgan fingerprint density at radius 2 is 1.90 bits per heavy atom. The van der Waals surface area contributed by atoms with Crippen molar-refractivity contribution in [3.63, 3.8) is 0 Å². The van der Waals surface area contributed by atoms with Crippen LogP contribution in [0.15, 0.2) is 53.3 Å². The summed E-state index contributed by atoms with van der Waals surface area (Å²) in [5.41, 5.74) is 1.07. The zero-order valence-electron chi connectivity index (χ0n) is 16.9. The van der Waals surface area contributed by atoms with Crippen LogP contribution in [0.3, 0.4) is 0 Å². The van der Waals surface area contributed by atoms with E-state index in [2.05, 4.69) is 10.4 Å². The molecular weight excluding hydrogens is 382 g/mol. The number of benzene rings is 2. The fraction of sp³-hybridized carbons (Fsp3) is 0.348. The lowest BCUT2D eigenvalue weighted by atomic mass is 9.92. The maximum Gasteiger partial charge on any atom is 0.276 e. The van der Waals surface area contributed by atoms with Gasteiger partial charge in [-0.05, 0) is 42.7 Å². The van der Waals surface area contributed by atoms with E-state index in [0.29, 0.717) is 30.3 Å². The minimum atomic E-state index is -0.593. The maximum atomic E-state index is 13.0. The molecule has 2 atom stereocenters. The molecule has 1 fully saturated rings. The third-order valence-corrected chi connectivity index (χ3v) is 5.61. The molecule has 1 aromatic heterocycles. The number of para-hydroxylation sites is 1. The standard InChI is InChI=1S/C23H25N3O4/c1-30-16-12-10-15(11-13-16)14-26-19-8-4-2-6-17(19)22(28)21(25-26)23(29)24-18-7-3-5-9-20(18)27/h2,4,6,8,10-13,18,20,27H,3,5,7,9,14H2,1H3,(H,24,29)/t18-,20-/m1/s1. The van der Waals surface area contributed by atoms with Gasteiger partial charge in [0.05, 0.1) is 31.3 Å². The molecule has 2 N–H and O–H groups in total. The highest BCUT2D eigenvalue weighted by Crippen LogP contribution is 2.19. The summed E-state index contributed by atoms with van der Waals surface area (Å²) in [4.78, 5) is 25.9. The van der Waals surface area contributed by atoms with Gasteiger partial charge in [0.1, 0.15) is 5.75 Å². The third-order valence-electron chi connectivity index (χ3n) is 5.61. The molecule has 156 valence electrons. The predicted molar refractivity (Wildman–Crippen MR) is 114 cm³/mol. The zero-order chi connectivity index (χ0) is 21.1. The van der Waals surface area contributed by atoms with Crippen molar-refractivity contribution in [3.05, 3.63) is 70.0 Å². The lowest BCUT2D eigenvalue weighted by molar-refractivity contribution is 0.0711. The summed E-state index contributed by atoms with van der Waals surface area (Å²) in [5, 5.41) is 17.8. The van der Waals surface area contributed by atoms with Crippen LogP contribution < -0.4 is 15.5 Å². The number of nitrogens with zero attached hydrogens (tertiary/aromatic N) is 2. The first-order valence-electron chi connectivity index (χ1n) is 10.2. The summed E-state index contributed by atoms with van der Waals surface area (Å²) in [5.74, 6) is 0.211. The molecule has 4 rings (SSSR count). The second-order valence-electron chi connectivity index (χ2n) is 7.63. The van der Waals surface area contributed by atoms with Crippen LogP contribution in [-0.4, -0.2) is 40.0 Å². The zero-order valence-corrected chi connectivity index (χ0v) is 16.9. The molecule has 3 aromatic rings. The molecule has 7 heteroatoms. The van der Waals surface area contributed by atoms with E-state index in [1.54, 1.807) is 23.9 Å². The molecule has 7 nitrogen and oxygen atoms in total. The largest absolute Gasteiger partial charge is 0.497 e. The van der Waals surface area contributed by atoms with Gasteiger partial charge in [0, 0.05) is 5.39 Å². The Bertz CT molecular complexity index is 1110. The van der Waals surface area contributed by atoms with Crippen LogP contribution in [0.25, 0.3) is 10.9 Å². The molecular formula is C23H25N3O4. The number of fused-ring (bicyclic) bond motifs is 1. The number of nitrogens with one attached hydrogen (secondary N) is 1. The number of aliphatic hydroxyl groups is 1. The Morgan fingerprint density at radius 3 is 2.63 bits per heavy atom. The van der Waals surface area contributed by atoms with Gasteiger partial charge in [-0.25, -0.2) is 0 Å². The molecule has 0 saturated heterocycles. The van der Waals surface area contributed by atoms with Crippen molar-refractivity contribution in [2.45, 2.75) is 44.4 Å². The lowest BCUT2D eigenvalue weighted by Crippen LogP contribution is -2.46. The van der Waals surface area contributed by atoms with E-state index in [1.807, 2.05) is 36.4 Å². The molecule has 1 aliphatic carbocycles. The van der Waals surface area contributed by atoms with E-state index in [9.17, 15) is 14.7 Å². The fourth-order valence-corrected chi connectivity index (χ4v) is 3.93. The summed E-state index contributed by atoms with van der Waals surface area (Å²) < 4.78 is 6.87. The first kappa shape index (κ1) is 20.1. The van der Waals surface area contributed by atoms with Crippen LogP contribution in [0.2, 0.25) is 0 Å². The number of rotatable bonds is 5. The maximum absolute atomic E-state index is 13.0. The minimum absolute atomic E-state index is 0.153. The van der Waals surface area contributed by atoms with Gasteiger partial charge in [-0.2, -0.15) is 5.10 Å². The molecule has 1 heterocycles. The van der Waals surface area contributed by atoms with E-state index >= 15 is 0 Å². The van der Waals surface area contributed by atoms with Gasteiger partial charge in [0.2, 0.25) is 5.43 Å². The van der Waals surface area contributed by atoms with Crippen LogP contribution in [0.5, 0.6) is 5.75 Å². The highest BCUT2D eigenvalue weighted by molar-refractivity contribution is 5.95. The van der Waals surface area contributed by atoms with Crippen LogP contribution in [0.4, 0.5) is 0 Å². The second-order valence-corrected chi connectivity index (χ2v) is 7.63. The van der Waals surface area contributed by atoms with E-state index < -0.39 is 17.4 Å². The van der Waals surface area contributed by atoms with Crippen molar-refractivity contribution in [1.82, 2.24) is 15.1 Å². The normalized spacial score (nSPS) is 18.9. The van der Waals surface area contributed by atoms with Crippen LogP contribution in [0, 0.1) is 0 Å². The summed E-state index contributed by atoms with van der Waals surface area (Å²) in [6.07, 6.45) is 2.63. The molecule has 0 radical (unpaired) electrons.